The van der Waals surface area contributed by atoms with E-state index in [0.29, 0.717) is 17.8 Å². The molecule has 0 bridgehead atoms. The van der Waals surface area contributed by atoms with Crippen LogP contribution in [0.4, 0.5) is 51.2 Å². The molecule has 0 aromatic heterocycles. The number of rotatable bonds is 12. The Balaban J connectivity index is 1.34. The van der Waals surface area contributed by atoms with Crippen LogP contribution in [0, 0.1) is 20.8 Å². The minimum Gasteiger partial charge on any atom is -0.310 e. The van der Waals surface area contributed by atoms with E-state index in [9.17, 15) is 0 Å². The average Bonchev–Trinajstić information content (AvgIpc) is 3.63. The molecule has 10 aromatic carbocycles. The molecular formula is C71H69N3. The van der Waals surface area contributed by atoms with Gasteiger partial charge in [-0.3, -0.25) is 0 Å². The van der Waals surface area contributed by atoms with Crippen molar-refractivity contribution < 1.29 is 0 Å². The zero-order valence-corrected chi connectivity index (χ0v) is 45.1. The Labute approximate surface area is 440 Å². The summed E-state index contributed by atoms with van der Waals surface area (Å²) in [6, 6.07) is 76.4. The van der Waals surface area contributed by atoms with Gasteiger partial charge < -0.3 is 14.7 Å². The molecule has 10 aromatic rings. The molecule has 0 amide bonds. The molecule has 368 valence electrons. The van der Waals surface area contributed by atoms with Crippen LogP contribution in [0.25, 0.3) is 32.7 Å². The lowest BCUT2D eigenvalue weighted by molar-refractivity contribution is 0.661. The van der Waals surface area contributed by atoms with Crippen LogP contribution in [0.3, 0.4) is 0 Å². The second kappa shape index (κ2) is 19.2. The molecule has 0 unspecified atom stereocenters. The zero-order chi connectivity index (χ0) is 51.6. The fourth-order valence-corrected chi connectivity index (χ4v) is 11.4. The molecule has 0 saturated heterocycles. The van der Waals surface area contributed by atoms with E-state index < -0.39 is 0 Å². The maximum atomic E-state index is 2.56. The molecule has 1 aliphatic carbocycles. The van der Waals surface area contributed by atoms with E-state index in [1.54, 1.807) is 0 Å². The Hall–Kier alpha value is -7.88. The Morgan fingerprint density at radius 3 is 1.05 bits per heavy atom. The quantitative estimate of drug-likeness (QED) is 0.0892. The number of fused-ring (bicyclic) bond motifs is 5. The third-order valence-corrected chi connectivity index (χ3v) is 15.8. The standard InChI is InChI=1S/C71H69N3/c1-45(2)51-22-34-55(35-23-51)72(54-28-16-48(7)17-29-54)60-40-41-62-64(42-60)70(74(57-32-20-50(9)21-33-57)59-38-26-53(27-39-59)47(5)6)65-43-63-61-14-12-13-15-67(61)71(10,11)68(63)44-66(65)69(62)73(56-30-18-49(8)19-31-56)58-36-24-52(25-37-58)46(3)4/h12-47H,1-11H3. The summed E-state index contributed by atoms with van der Waals surface area (Å²) in [5.41, 5.74) is 22.7. The van der Waals surface area contributed by atoms with Gasteiger partial charge in [-0.1, -0.05) is 175 Å². The van der Waals surface area contributed by atoms with Gasteiger partial charge in [0.2, 0.25) is 0 Å². The highest BCUT2D eigenvalue weighted by Gasteiger charge is 2.37. The highest BCUT2D eigenvalue weighted by Crippen LogP contribution is 2.57. The van der Waals surface area contributed by atoms with Crippen LogP contribution in [0.5, 0.6) is 0 Å². The number of nitrogens with zero attached hydrogens (tertiary/aromatic N) is 3. The topological polar surface area (TPSA) is 9.72 Å². The van der Waals surface area contributed by atoms with Gasteiger partial charge in [-0.2, -0.15) is 0 Å². The number of hydrogen-bond acceptors (Lipinski definition) is 3. The van der Waals surface area contributed by atoms with Crippen molar-refractivity contribution in [3.8, 4) is 11.1 Å². The summed E-state index contributed by atoms with van der Waals surface area (Å²) in [7, 11) is 0. The van der Waals surface area contributed by atoms with Crippen LogP contribution in [0.2, 0.25) is 0 Å². The van der Waals surface area contributed by atoms with Gasteiger partial charge in [0.15, 0.2) is 0 Å². The van der Waals surface area contributed by atoms with Crippen molar-refractivity contribution in [1.29, 1.82) is 0 Å². The number of anilines is 9. The van der Waals surface area contributed by atoms with Gasteiger partial charge in [-0.15, -0.1) is 0 Å². The van der Waals surface area contributed by atoms with E-state index in [1.807, 2.05) is 0 Å². The SMILES string of the molecule is Cc1ccc(N(c2ccc(C(C)C)cc2)c2ccc3c(N(c4ccc(C)cc4)c4ccc(C(C)C)cc4)c4cc5c(cc4c(N(c4ccc(C)cc4)c4ccc(C(C)C)cc4)c3c2)-c2ccccc2C5(C)C)cc1. The van der Waals surface area contributed by atoms with Crippen molar-refractivity contribution in [3.05, 3.63) is 245 Å². The molecule has 0 saturated carbocycles. The van der Waals surface area contributed by atoms with E-state index in [0.717, 1.165) is 62.0 Å². The molecule has 0 spiro atoms. The Morgan fingerprint density at radius 1 is 0.297 bits per heavy atom. The summed E-state index contributed by atoms with van der Waals surface area (Å²) in [6.45, 7) is 25.0. The predicted molar refractivity (Wildman–Crippen MR) is 320 cm³/mol. The van der Waals surface area contributed by atoms with Crippen molar-refractivity contribution in [3.63, 3.8) is 0 Å². The lowest BCUT2D eigenvalue weighted by Gasteiger charge is -2.34. The molecular weight excluding hydrogens is 895 g/mol. The highest BCUT2D eigenvalue weighted by molar-refractivity contribution is 6.25. The fraction of sp³-hybridized carbons (Fsp3) is 0.211. The molecule has 0 radical (unpaired) electrons. The maximum absolute atomic E-state index is 2.56. The first-order valence-electron chi connectivity index (χ1n) is 26.7. The molecule has 0 N–H and O–H groups in total. The summed E-state index contributed by atoms with van der Waals surface area (Å²) in [5.74, 6) is 1.23. The zero-order valence-electron chi connectivity index (χ0n) is 45.1. The molecule has 11 rings (SSSR count). The van der Waals surface area contributed by atoms with Crippen molar-refractivity contribution >= 4 is 72.7 Å². The number of aryl methyl sites for hydroxylation is 3. The van der Waals surface area contributed by atoms with Crippen molar-refractivity contribution in [2.75, 3.05) is 14.7 Å². The van der Waals surface area contributed by atoms with Crippen LogP contribution in [-0.4, -0.2) is 0 Å². The number of benzene rings is 10. The normalized spacial score (nSPS) is 12.7. The molecule has 0 fully saturated rings. The lowest BCUT2D eigenvalue weighted by Crippen LogP contribution is -2.17. The minimum atomic E-state index is -0.229. The fourth-order valence-electron chi connectivity index (χ4n) is 11.4. The number of hydrogen-bond donors (Lipinski definition) is 0. The lowest BCUT2D eigenvalue weighted by atomic mass is 9.81. The van der Waals surface area contributed by atoms with E-state index in [4.69, 9.17) is 0 Å². The summed E-state index contributed by atoms with van der Waals surface area (Å²) < 4.78 is 0. The maximum Gasteiger partial charge on any atom is 0.0620 e. The minimum absolute atomic E-state index is 0.229. The van der Waals surface area contributed by atoms with E-state index in [1.165, 1.54) is 66.4 Å². The van der Waals surface area contributed by atoms with Crippen LogP contribution in [0.15, 0.2) is 200 Å². The predicted octanol–water partition coefficient (Wildman–Crippen LogP) is 21.0. The third kappa shape index (κ3) is 8.62. The molecule has 74 heavy (non-hydrogen) atoms. The summed E-state index contributed by atoms with van der Waals surface area (Å²) in [6.07, 6.45) is 0. The van der Waals surface area contributed by atoms with Crippen molar-refractivity contribution in [1.82, 2.24) is 0 Å². The molecule has 0 atom stereocenters. The van der Waals surface area contributed by atoms with Gasteiger partial charge >= 0.3 is 0 Å². The molecule has 3 heteroatoms. The molecule has 0 heterocycles. The van der Waals surface area contributed by atoms with Gasteiger partial charge in [0.05, 0.1) is 11.4 Å². The van der Waals surface area contributed by atoms with Gasteiger partial charge in [0.25, 0.3) is 0 Å². The Kier molecular flexibility index (Phi) is 12.5. The van der Waals surface area contributed by atoms with Crippen LogP contribution >= 0.6 is 0 Å². The molecule has 0 aliphatic heterocycles. The summed E-state index contributed by atoms with van der Waals surface area (Å²) in [5, 5.41) is 4.69. The van der Waals surface area contributed by atoms with E-state index >= 15 is 0 Å². The second-order valence-corrected chi connectivity index (χ2v) is 22.3. The van der Waals surface area contributed by atoms with Gasteiger partial charge in [-0.05, 0) is 175 Å². The van der Waals surface area contributed by atoms with Crippen LogP contribution in [-0.2, 0) is 5.41 Å². The van der Waals surface area contributed by atoms with Crippen molar-refractivity contribution in [2.45, 2.75) is 99.3 Å². The first kappa shape index (κ1) is 48.4. The van der Waals surface area contributed by atoms with Crippen LogP contribution in [0.1, 0.15) is 118 Å². The van der Waals surface area contributed by atoms with E-state index in [-0.39, 0.29) is 5.41 Å². The second-order valence-electron chi connectivity index (χ2n) is 22.3. The first-order chi connectivity index (χ1) is 35.7. The monoisotopic (exact) mass is 964 g/mol. The van der Waals surface area contributed by atoms with Crippen molar-refractivity contribution in [2.24, 2.45) is 0 Å². The van der Waals surface area contributed by atoms with Gasteiger partial charge in [-0.25, -0.2) is 0 Å². The highest BCUT2D eigenvalue weighted by atomic mass is 15.2. The largest absolute Gasteiger partial charge is 0.310 e. The first-order valence-corrected chi connectivity index (χ1v) is 26.7. The average molecular weight is 964 g/mol. The summed E-state index contributed by atoms with van der Waals surface area (Å²) in [4.78, 5) is 7.52. The molecule has 1 aliphatic rings. The molecule has 3 nitrogen and oxygen atoms in total. The van der Waals surface area contributed by atoms with Crippen LogP contribution < -0.4 is 14.7 Å². The Morgan fingerprint density at radius 2 is 0.635 bits per heavy atom. The van der Waals surface area contributed by atoms with E-state index in [2.05, 4.69) is 291 Å². The van der Waals surface area contributed by atoms with Gasteiger partial charge in [0.1, 0.15) is 0 Å². The third-order valence-electron chi connectivity index (χ3n) is 15.8. The van der Waals surface area contributed by atoms with Gasteiger partial charge in [0, 0.05) is 66.8 Å². The summed E-state index contributed by atoms with van der Waals surface area (Å²) >= 11 is 0. The smallest absolute Gasteiger partial charge is 0.0620 e. The Bertz CT molecular complexity index is 3660.